The van der Waals surface area contributed by atoms with Crippen molar-refractivity contribution in [3.05, 3.63) is 12.2 Å². The molecule has 22 heavy (non-hydrogen) atoms. The van der Waals surface area contributed by atoms with Gasteiger partial charge in [-0.2, -0.15) is 11.8 Å². The minimum absolute atomic E-state index is 0.328. The molecule has 0 bridgehead atoms. The fourth-order valence-electron chi connectivity index (χ4n) is 5.55. The van der Waals surface area contributed by atoms with Crippen LogP contribution >= 0.6 is 11.8 Å². The second kappa shape index (κ2) is 6.86. The zero-order valence-electron chi connectivity index (χ0n) is 13.5. The van der Waals surface area contributed by atoms with Crippen molar-refractivity contribution in [1.29, 1.82) is 0 Å². The summed E-state index contributed by atoms with van der Waals surface area (Å²) in [5, 5.41) is 10.2. The maximum Gasteiger partial charge on any atom is 0.166 e. The summed E-state index contributed by atoms with van der Waals surface area (Å²) in [6.45, 7) is 0.742. The van der Waals surface area contributed by atoms with E-state index < -0.39 is 6.29 Å². The van der Waals surface area contributed by atoms with Crippen molar-refractivity contribution in [2.75, 3.05) is 12.4 Å². The minimum atomic E-state index is -0.511. The van der Waals surface area contributed by atoms with Gasteiger partial charge in [-0.1, -0.05) is 25.0 Å². The molecule has 7 atom stereocenters. The molecule has 1 heterocycles. The van der Waals surface area contributed by atoms with Gasteiger partial charge in [-0.15, -0.1) is 0 Å². The SMILES string of the molecule is OC1OCCC1SCC1CCCC2CC3CC=CCC3CC12. The third-order valence-corrected chi connectivity index (χ3v) is 8.30. The van der Waals surface area contributed by atoms with Gasteiger partial charge in [0, 0.05) is 0 Å². The molecule has 1 saturated heterocycles. The van der Waals surface area contributed by atoms with Crippen LogP contribution < -0.4 is 0 Å². The van der Waals surface area contributed by atoms with Gasteiger partial charge in [-0.3, -0.25) is 0 Å². The van der Waals surface area contributed by atoms with Gasteiger partial charge < -0.3 is 9.84 Å². The van der Waals surface area contributed by atoms with E-state index in [-0.39, 0.29) is 0 Å². The van der Waals surface area contributed by atoms with Gasteiger partial charge >= 0.3 is 0 Å². The molecule has 2 nitrogen and oxygen atoms in total. The first-order chi connectivity index (χ1) is 10.8. The van der Waals surface area contributed by atoms with Crippen LogP contribution in [0.2, 0.25) is 0 Å². The summed E-state index contributed by atoms with van der Waals surface area (Å²) in [5.74, 6) is 6.06. The molecule has 1 N–H and O–H groups in total. The molecule has 7 unspecified atom stereocenters. The van der Waals surface area contributed by atoms with E-state index in [9.17, 15) is 5.11 Å². The summed E-state index contributed by atoms with van der Waals surface area (Å²) in [7, 11) is 0. The van der Waals surface area contributed by atoms with E-state index in [4.69, 9.17) is 4.74 Å². The molecule has 4 rings (SSSR count). The van der Waals surface area contributed by atoms with E-state index in [2.05, 4.69) is 12.2 Å². The van der Waals surface area contributed by atoms with Crippen molar-refractivity contribution in [2.45, 2.75) is 62.9 Å². The highest BCUT2D eigenvalue weighted by Crippen LogP contribution is 2.51. The molecule has 3 heteroatoms. The standard InChI is InChI=1S/C19H30O2S/c20-19-18(8-9-21-19)22-12-16-7-3-6-15-10-13-4-1-2-5-14(13)11-17(15)16/h1-2,13-20H,3-12H2. The summed E-state index contributed by atoms with van der Waals surface area (Å²) < 4.78 is 5.31. The molecule has 0 amide bonds. The van der Waals surface area contributed by atoms with Gasteiger partial charge in [0.25, 0.3) is 0 Å². The average Bonchev–Trinajstić information content (AvgIpc) is 2.96. The number of ether oxygens (including phenoxy) is 1. The summed E-state index contributed by atoms with van der Waals surface area (Å²) in [6.07, 6.45) is 15.4. The summed E-state index contributed by atoms with van der Waals surface area (Å²) in [6, 6.07) is 0. The Labute approximate surface area is 139 Å². The Balaban J connectivity index is 1.37. The van der Waals surface area contributed by atoms with Crippen LogP contribution in [0.4, 0.5) is 0 Å². The van der Waals surface area contributed by atoms with Crippen LogP contribution in [0.5, 0.6) is 0 Å². The van der Waals surface area contributed by atoms with Gasteiger partial charge in [0.05, 0.1) is 11.9 Å². The predicted octanol–water partition coefficient (Wildman–Crippen LogP) is 4.24. The third-order valence-electron chi connectivity index (χ3n) is 6.79. The van der Waals surface area contributed by atoms with E-state index in [1.54, 1.807) is 0 Å². The van der Waals surface area contributed by atoms with Gasteiger partial charge in [0.15, 0.2) is 6.29 Å². The Morgan fingerprint density at radius 1 is 1.00 bits per heavy atom. The average molecular weight is 323 g/mol. The van der Waals surface area contributed by atoms with Crippen molar-refractivity contribution in [3.63, 3.8) is 0 Å². The molecule has 0 radical (unpaired) electrons. The Kier molecular flexibility index (Phi) is 4.85. The fraction of sp³-hybridized carbons (Fsp3) is 0.895. The molecule has 0 aromatic rings. The number of hydrogen-bond acceptors (Lipinski definition) is 3. The minimum Gasteiger partial charge on any atom is -0.367 e. The van der Waals surface area contributed by atoms with Gasteiger partial charge in [0.1, 0.15) is 0 Å². The molecular formula is C19H30O2S. The smallest absolute Gasteiger partial charge is 0.166 e. The molecule has 3 fully saturated rings. The number of allylic oxidation sites excluding steroid dienone is 2. The molecule has 124 valence electrons. The van der Waals surface area contributed by atoms with Crippen molar-refractivity contribution in [2.24, 2.45) is 29.6 Å². The molecule has 4 aliphatic rings. The first-order valence-corrected chi connectivity index (χ1v) is 10.4. The predicted molar refractivity (Wildman–Crippen MR) is 91.7 cm³/mol. The number of rotatable bonds is 3. The maximum atomic E-state index is 9.85. The number of aliphatic hydroxyl groups is 1. The van der Waals surface area contributed by atoms with Crippen molar-refractivity contribution in [3.8, 4) is 0 Å². The number of thioether (sulfide) groups is 1. The van der Waals surface area contributed by atoms with E-state index in [0.29, 0.717) is 5.25 Å². The highest BCUT2D eigenvalue weighted by atomic mass is 32.2. The summed E-state index contributed by atoms with van der Waals surface area (Å²) >= 11 is 1.99. The van der Waals surface area contributed by atoms with Crippen LogP contribution in [0.3, 0.4) is 0 Å². The molecule has 3 aliphatic carbocycles. The Bertz CT molecular complexity index is 410. The van der Waals surface area contributed by atoms with Crippen molar-refractivity contribution in [1.82, 2.24) is 0 Å². The quantitative estimate of drug-likeness (QED) is 0.788. The zero-order valence-corrected chi connectivity index (χ0v) is 14.3. The maximum absolute atomic E-state index is 9.85. The van der Waals surface area contributed by atoms with E-state index in [1.807, 2.05) is 11.8 Å². The van der Waals surface area contributed by atoms with E-state index >= 15 is 0 Å². The van der Waals surface area contributed by atoms with Crippen LogP contribution in [-0.2, 0) is 4.74 Å². The third kappa shape index (κ3) is 3.14. The van der Waals surface area contributed by atoms with E-state index in [1.165, 1.54) is 50.7 Å². The monoisotopic (exact) mass is 322 g/mol. The normalized spacial score (nSPS) is 48.0. The van der Waals surface area contributed by atoms with Crippen LogP contribution in [0.15, 0.2) is 12.2 Å². The van der Waals surface area contributed by atoms with Crippen LogP contribution in [0.1, 0.15) is 51.4 Å². The highest BCUT2D eigenvalue weighted by molar-refractivity contribution is 7.99. The largest absolute Gasteiger partial charge is 0.367 e. The number of fused-ring (bicyclic) bond motifs is 2. The van der Waals surface area contributed by atoms with Gasteiger partial charge in [-0.25, -0.2) is 0 Å². The second-order valence-electron chi connectivity index (χ2n) is 7.97. The molecule has 2 saturated carbocycles. The lowest BCUT2D eigenvalue weighted by atomic mass is 9.58. The molecular weight excluding hydrogens is 292 g/mol. The molecule has 0 spiro atoms. The lowest BCUT2D eigenvalue weighted by molar-refractivity contribution is -0.0561. The van der Waals surface area contributed by atoms with Crippen LogP contribution in [0, 0.1) is 29.6 Å². The fourth-order valence-corrected chi connectivity index (χ4v) is 6.96. The summed E-state index contributed by atoms with van der Waals surface area (Å²) in [4.78, 5) is 0. The Morgan fingerprint density at radius 3 is 2.59 bits per heavy atom. The van der Waals surface area contributed by atoms with Crippen molar-refractivity contribution < 1.29 is 9.84 Å². The van der Waals surface area contributed by atoms with Crippen LogP contribution in [0.25, 0.3) is 0 Å². The van der Waals surface area contributed by atoms with E-state index in [0.717, 1.165) is 42.6 Å². The summed E-state index contributed by atoms with van der Waals surface area (Å²) in [5.41, 5.74) is 0. The first-order valence-electron chi connectivity index (χ1n) is 9.37. The Morgan fingerprint density at radius 2 is 1.82 bits per heavy atom. The Hall–Kier alpha value is 0.01000. The zero-order chi connectivity index (χ0) is 14.9. The number of aliphatic hydroxyl groups excluding tert-OH is 1. The topological polar surface area (TPSA) is 29.5 Å². The lowest BCUT2D eigenvalue weighted by Gasteiger charge is -2.48. The van der Waals surface area contributed by atoms with Crippen LogP contribution in [-0.4, -0.2) is 29.0 Å². The number of hydrogen-bond donors (Lipinski definition) is 1. The highest BCUT2D eigenvalue weighted by Gasteiger charge is 2.42. The molecule has 1 aliphatic heterocycles. The van der Waals surface area contributed by atoms with Gasteiger partial charge in [-0.05, 0) is 73.9 Å². The lowest BCUT2D eigenvalue weighted by Crippen LogP contribution is -2.39. The first kappa shape index (κ1) is 15.5. The molecule has 0 aromatic carbocycles. The van der Waals surface area contributed by atoms with Gasteiger partial charge in [0.2, 0.25) is 0 Å². The second-order valence-corrected chi connectivity index (χ2v) is 9.24. The molecule has 0 aromatic heterocycles. The van der Waals surface area contributed by atoms with Crippen molar-refractivity contribution >= 4 is 11.8 Å².